The molecule has 66 valence electrons. The van der Waals surface area contributed by atoms with Gasteiger partial charge in [-0.2, -0.15) is 4.80 Å². The lowest BCUT2D eigenvalue weighted by Gasteiger charge is -1.89. The fourth-order valence-corrected chi connectivity index (χ4v) is 0.662. The van der Waals surface area contributed by atoms with Gasteiger partial charge in [-0.25, -0.2) is 0 Å². The van der Waals surface area contributed by atoms with Crippen LogP contribution in [-0.4, -0.2) is 26.8 Å². The molecule has 0 aromatic carbocycles. The largest absolute Gasteiger partial charge is 0.501 e. The lowest BCUT2D eigenvalue weighted by Crippen LogP contribution is -1.98. The topological polar surface area (TPSA) is 52.8 Å². The molecule has 1 rings (SSSR count). The SMILES string of the molecule is CCO/C=C/c1nnn(CC)n1. The van der Waals surface area contributed by atoms with Gasteiger partial charge in [0.25, 0.3) is 0 Å². The second-order valence-electron chi connectivity index (χ2n) is 2.09. The van der Waals surface area contributed by atoms with Crippen LogP contribution in [0.15, 0.2) is 6.26 Å². The molecule has 0 aliphatic heterocycles. The van der Waals surface area contributed by atoms with Crippen LogP contribution >= 0.6 is 0 Å². The first kappa shape index (κ1) is 8.70. The fourth-order valence-electron chi connectivity index (χ4n) is 0.662. The molecule has 5 nitrogen and oxygen atoms in total. The molecule has 1 aromatic rings. The minimum Gasteiger partial charge on any atom is -0.501 e. The fraction of sp³-hybridized carbons (Fsp3) is 0.571. The Hall–Kier alpha value is -1.39. The second-order valence-corrected chi connectivity index (χ2v) is 2.09. The zero-order valence-corrected chi connectivity index (χ0v) is 7.27. The highest BCUT2D eigenvalue weighted by atomic mass is 16.5. The van der Waals surface area contributed by atoms with Crippen LogP contribution in [0.3, 0.4) is 0 Å². The third kappa shape index (κ3) is 2.34. The Kier molecular flexibility index (Phi) is 3.25. The van der Waals surface area contributed by atoms with E-state index in [-0.39, 0.29) is 0 Å². The average Bonchev–Trinajstić information content (AvgIpc) is 2.53. The van der Waals surface area contributed by atoms with Crippen LogP contribution in [0.4, 0.5) is 0 Å². The van der Waals surface area contributed by atoms with Crippen molar-refractivity contribution in [3.63, 3.8) is 0 Å². The highest BCUT2D eigenvalue weighted by molar-refractivity contribution is 5.35. The molecule has 0 saturated heterocycles. The minimum atomic E-state index is 0.574. The van der Waals surface area contributed by atoms with Gasteiger partial charge in [0.15, 0.2) is 0 Å². The Balaban J connectivity index is 2.51. The molecular formula is C7H12N4O. The summed E-state index contributed by atoms with van der Waals surface area (Å²) in [4.78, 5) is 1.52. The number of tetrazole rings is 1. The maximum Gasteiger partial charge on any atom is 0.200 e. The maximum atomic E-state index is 4.98. The first-order valence-electron chi connectivity index (χ1n) is 3.92. The van der Waals surface area contributed by atoms with Gasteiger partial charge >= 0.3 is 0 Å². The van der Waals surface area contributed by atoms with Crippen LogP contribution in [0.5, 0.6) is 0 Å². The van der Waals surface area contributed by atoms with Crippen molar-refractivity contribution in [1.82, 2.24) is 20.2 Å². The number of ether oxygens (including phenoxy) is 1. The number of hydrogen-bond donors (Lipinski definition) is 0. The van der Waals surface area contributed by atoms with Crippen LogP contribution in [0.25, 0.3) is 6.08 Å². The summed E-state index contributed by atoms with van der Waals surface area (Å²) in [5.74, 6) is 0.574. The first-order valence-corrected chi connectivity index (χ1v) is 3.92. The van der Waals surface area contributed by atoms with Gasteiger partial charge in [0.1, 0.15) is 0 Å². The summed E-state index contributed by atoms with van der Waals surface area (Å²) < 4.78 is 4.98. The molecule has 0 aliphatic carbocycles. The minimum absolute atomic E-state index is 0.574. The lowest BCUT2D eigenvalue weighted by atomic mass is 10.6. The Labute approximate surface area is 71.0 Å². The van der Waals surface area contributed by atoms with Gasteiger partial charge in [0.05, 0.1) is 19.4 Å². The van der Waals surface area contributed by atoms with Crippen molar-refractivity contribution in [1.29, 1.82) is 0 Å². The van der Waals surface area contributed by atoms with Crippen molar-refractivity contribution in [2.24, 2.45) is 0 Å². The molecule has 0 fully saturated rings. The Morgan fingerprint density at radius 1 is 1.50 bits per heavy atom. The monoisotopic (exact) mass is 168 g/mol. The number of aromatic nitrogens is 4. The van der Waals surface area contributed by atoms with E-state index in [2.05, 4.69) is 15.4 Å². The summed E-state index contributed by atoms with van der Waals surface area (Å²) in [5.41, 5.74) is 0. The molecule has 0 amide bonds. The van der Waals surface area contributed by atoms with Gasteiger partial charge in [-0.05, 0) is 19.1 Å². The molecule has 0 radical (unpaired) electrons. The lowest BCUT2D eigenvalue weighted by molar-refractivity contribution is 0.272. The molecule has 0 bridgehead atoms. The van der Waals surface area contributed by atoms with Gasteiger partial charge in [0.2, 0.25) is 5.82 Å². The van der Waals surface area contributed by atoms with Gasteiger partial charge < -0.3 is 4.74 Å². The van der Waals surface area contributed by atoms with Crippen LogP contribution in [0.1, 0.15) is 19.7 Å². The highest BCUT2D eigenvalue weighted by Gasteiger charge is 1.94. The third-order valence-electron chi connectivity index (χ3n) is 1.23. The molecule has 0 spiro atoms. The molecule has 0 aliphatic rings. The number of nitrogens with zero attached hydrogens (tertiary/aromatic N) is 4. The molecule has 1 heterocycles. The average molecular weight is 168 g/mol. The molecular weight excluding hydrogens is 156 g/mol. The van der Waals surface area contributed by atoms with E-state index in [0.717, 1.165) is 6.54 Å². The van der Waals surface area contributed by atoms with Crippen LogP contribution in [0.2, 0.25) is 0 Å². The van der Waals surface area contributed by atoms with Crippen molar-refractivity contribution in [2.45, 2.75) is 20.4 Å². The van der Waals surface area contributed by atoms with Crippen molar-refractivity contribution >= 4 is 6.08 Å². The summed E-state index contributed by atoms with van der Waals surface area (Å²) in [6.45, 7) is 5.26. The summed E-state index contributed by atoms with van der Waals surface area (Å²) in [7, 11) is 0. The molecule has 12 heavy (non-hydrogen) atoms. The first-order chi connectivity index (χ1) is 5.86. The molecule has 0 saturated carbocycles. The Morgan fingerprint density at radius 2 is 2.33 bits per heavy atom. The molecule has 5 heteroatoms. The summed E-state index contributed by atoms with van der Waals surface area (Å²) in [6.07, 6.45) is 3.25. The van der Waals surface area contributed by atoms with Crippen molar-refractivity contribution in [3.8, 4) is 0 Å². The maximum absolute atomic E-state index is 4.98. The zero-order chi connectivity index (χ0) is 8.81. The van der Waals surface area contributed by atoms with Crippen molar-refractivity contribution in [2.75, 3.05) is 6.61 Å². The molecule has 1 aromatic heterocycles. The van der Waals surface area contributed by atoms with Crippen LogP contribution in [0, 0.1) is 0 Å². The van der Waals surface area contributed by atoms with E-state index in [0.29, 0.717) is 12.4 Å². The molecule has 0 atom stereocenters. The highest BCUT2D eigenvalue weighted by Crippen LogP contribution is 1.90. The standard InChI is InChI=1S/C7H12N4O/c1-3-11-9-7(8-10-11)5-6-12-4-2/h5-6H,3-4H2,1-2H3/b6-5+. The summed E-state index contributed by atoms with van der Waals surface area (Å²) in [6, 6.07) is 0. The van der Waals surface area contributed by atoms with Crippen molar-refractivity contribution in [3.05, 3.63) is 12.1 Å². The van der Waals surface area contributed by atoms with E-state index < -0.39 is 0 Å². The molecule has 0 unspecified atom stereocenters. The van der Waals surface area contributed by atoms with E-state index in [1.807, 2.05) is 13.8 Å². The zero-order valence-electron chi connectivity index (χ0n) is 7.27. The van der Waals surface area contributed by atoms with Crippen LogP contribution in [-0.2, 0) is 11.3 Å². The third-order valence-corrected chi connectivity index (χ3v) is 1.23. The predicted molar refractivity (Wildman–Crippen MR) is 44.2 cm³/mol. The van der Waals surface area contributed by atoms with E-state index >= 15 is 0 Å². The van der Waals surface area contributed by atoms with Gasteiger partial charge in [-0.3, -0.25) is 0 Å². The van der Waals surface area contributed by atoms with E-state index in [9.17, 15) is 0 Å². The van der Waals surface area contributed by atoms with E-state index in [4.69, 9.17) is 4.74 Å². The second kappa shape index (κ2) is 4.48. The van der Waals surface area contributed by atoms with E-state index in [1.165, 1.54) is 4.80 Å². The predicted octanol–water partition coefficient (Wildman–Crippen LogP) is 0.700. The number of hydrogen-bond acceptors (Lipinski definition) is 4. The van der Waals surface area contributed by atoms with Crippen LogP contribution < -0.4 is 0 Å². The summed E-state index contributed by atoms with van der Waals surface area (Å²) >= 11 is 0. The van der Waals surface area contributed by atoms with E-state index in [1.54, 1.807) is 12.3 Å². The van der Waals surface area contributed by atoms with Crippen molar-refractivity contribution < 1.29 is 4.74 Å². The van der Waals surface area contributed by atoms with Gasteiger partial charge in [-0.15, -0.1) is 10.2 Å². The molecule has 0 N–H and O–H groups in total. The number of rotatable bonds is 4. The normalized spacial score (nSPS) is 10.8. The number of aryl methyl sites for hydroxylation is 1. The Morgan fingerprint density at radius 3 is 2.92 bits per heavy atom. The summed E-state index contributed by atoms with van der Waals surface area (Å²) in [5, 5.41) is 11.6. The van der Waals surface area contributed by atoms with Gasteiger partial charge in [0, 0.05) is 6.08 Å². The quantitative estimate of drug-likeness (QED) is 0.621. The van der Waals surface area contributed by atoms with Gasteiger partial charge in [-0.1, -0.05) is 0 Å². The smallest absolute Gasteiger partial charge is 0.200 e. The Bertz CT molecular complexity index is 256.